The van der Waals surface area contributed by atoms with Crippen LogP contribution in [0.25, 0.3) is 0 Å². The van der Waals surface area contributed by atoms with E-state index in [1.165, 1.54) is 268 Å². The average Bonchev–Trinajstić information content (AvgIpc) is 4.19. The molecule has 2 aliphatic rings. The van der Waals surface area contributed by atoms with Crippen LogP contribution in [0.2, 0.25) is 0 Å². The average molecular weight is 840 g/mol. The normalized spacial score (nSPS) is 13.8. The summed E-state index contributed by atoms with van der Waals surface area (Å²) in [5, 5.41) is 0. The van der Waals surface area contributed by atoms with Crippen molar-refractivity contribution in [3.05, 3.63) is 34.5 Å². The molecule has 2 fully saturated rings. The fraction of sp³-hybridized carbons (Fsp3) is 0.893. The molecule has 0 radical (unpaired) electrons. The topological polar surface area (TPSA) is 30.9 Å². The van der Waals surface area contributed by atoms with E-state index in [1.807, 2.05) is 0 Å². The molecule has 0 saturated heterocycles. The van der Waals surface area contributed by atoms with E-state index in [2.05, 4.69) is 45.6 Å². The van der Waals surface area contributed by atoms with Crippen molar-refractivity contribution in [1.29, 1.82) is 0 Å². The summed E-state index contributed by atoms with van der Waals surface area (Å²) in [7, 11) is 0. The molecule has 4 heteroatoms. The van der Waals surface area contributed by atoms with Crippen LogP contribution in [0.5, 0.6) is 0 Å². The molecule has 2 rings (SSSR count). The van der Waals surface area contributed by atoms with Crippen LogP contribution in [0, 0.1) is 0 Å². The summed E-state index contributed by atoms with van der Waals surface area (Å²) in [5.74, 6) is 3.90. The maximum atomic E-state index is 6.93. The van der Waals surface area contributed by atoms with Crippen LogP contribution in [-0.4, -0.2) is 43.9 Å². The number of unbranched alkanes of at least 4 members (excludes halogenated alkanes) is 23. The Morgan fingerprint density at radius 2 is 0.817 bits per heavy atom. The predicted octanol–water partition coefficient (Wildman–Crippen LogP) is 18.4. The van der Waals surface area contributed by atoms with Crippen molar-refractivity contribution in [1.82, 2.24) is 4.90 Å². The number of nitrogens with zero attached hydrogens (tertiary/aromatic N) is 1. The summed E-state index contributed by atoms with van der Waals surface area (Å²) in [4.78, 5) is 2.80. The third-order valence-electron chi connectivity index (χ3n) is 13.0. The zero-order valence-corrected chi connectivity index (χ0v) is 41.4. The molecular weight excluding hydrogens is 735 g/mol. The zero-order valence-electron chi connectivity index (χ0n) is 41.4. The Morgan fingerprint density at radius 3 is 1.33 bits per heavy atom. The highest BCUT2D eigenvalue weighted by atomic mass is 16.5. The second-order valence-corrected chi connectivity index (χ2v) is 19.1. The van der Waals surface area contributed by atoms with Crippen molar-refractivity contribution >= 4 is 0 Å². The second kappa shape index (κ2) is 40.4. The van der Waals surface area contributed by atoms with Gasteiger partial charge >= 0.3 is 0 Å². The van der Waals surface area contributed by atoms with Crippen molar-refractivity contribution < 1.29 is 14.2 Å². The molecular formula is C56H105NO3. The minimum Gasteiger partial charge on any atom is -0.495 e. The number of ether oxygens (including phenoxy) is 3. The molecule has 0 bridgehead atoms. The van der Waals surface area contributed by atoms with Gasteiger partial charge in [0.1, 0.15) is 13.2 Å². The Labute approximate surface area is 376 Å². The minimum absolute atomic E-state index is 0.459. The summed E-state index contributed by atoms with van der Waals surface area (Å²) in [5.41, 5.74) is 3.22. The van der Waals surface area contributed by atoms with E-state index in [4.69, 9.17) is 14.2 Å². The Morgan fingerprint density at radius 1 is 0.433 bits per heavy atom. The zero-order chi connectivity index (χ0) is 43.0. The summed E-state index contributed by atoms with van der Waals surface area (Å²) in [6.45, 7) is 16.7. The minimum atomic E-state index is 0.459. The van der Waals surface area contributed by atoms with Gasteiger partial charge in [0.05, 0.1) is 23.4 Å². The molecule has 352 valence electrons. The van der Waals surface area contributed by atoms with Crippen molar-refractivity contribution in [3.63, 3.8) is 0 Å². The van der Waals surface area contributed by atoms with Crippen LogP contribution in [-0.2, 0) is 14.2 Å². The molecule has 0 heterocycles. The van der Waals surface area contributed by atoms with Crippen LogP contribution >= 0.6 is 0 Å². The van der Waals surface area contributed by atoms with Crippen molar-refractivity contribution in [2.45, 2.75) is 291 Å². The molecule has 0 unspecified atom stereocenters. The van der Waals surface area contributed by atoms with Crippen molar-refractivity contribution in [2.24, 2.45) is 0 Å². The molecule has 2 aliphatic carbocycles. The van der Waals surface area contributed by atoms with Gasteiger partial charge in [-0.05, 0) is 133 Å². The summed E-state index contributed by atoms with van der Waals surface area (Å²) >= 11 is 0. The van der Waals surface area contributed by atoms with E-state index in [0.29, 0.717) is 19.3 Å². The largest absolute Gasteiger partial charge is 0.495 e. The fourth-order valence-electron chi connectivity index (χ4n) is 8.87. The molecule has 0 N–H and O–H groups in total. The lowest BCUT2D eigenvalue weighted by molar-refractivity contribution is 0.0873. The molecule has 0 aromatic carbocycles. The van der Waals surface area contributed by atoms with Gasteiger partial charge in [-0.3, -0.25) is 0 Å². The fourth-order valence-corrected chi connectivity index (χ4v) is 8.87. The molecule has 0 aliphatic heterocycles. The van der Waals surface area contributed by atoms with E-state index in [-0.39, 0.29) is 0 Å². The van der Waals surface area contributed by atoms with Crippen LogP contribution in [0.3, 0.4) is 0 Å². The lowest BCUT2D eigenvalue weighted by atomic mass is 10.0. The maximum absolute atomic E-state index is 6.93. The number of rotatable bonds is 47. The van der Waals surface area contributed by atoms with E-state index in [1.54, 1.807) is 11.1 Å². The van der Waals surface area contributed by atoms with Crippen LogP contribution in [0.15, 0.2) is 34.5 Å². The Balaban J connectivity index is 1.64. The first-order valence-electron chi connectivity index (χ1n) is 27.4. The summed E-state index contributed by atoms with van der Waals surface area (Å²) in [6, 6.07) is 0. The van der Waals surface area contributed by atoms with Gasteiger partial charge in [0, 0.05) is 19.3 Å². The molecule has 0 aromatic rings. The number of hydrogen-bond donors (Lipinski definition) is 0. The first kappa shape index (κ1) is 54.7. The van der Waals surface area contributed by atoms with Gasteiger partial charge in [0.25, 0.3) is 0 Å². The Bertz CT molecular complexity index is 1030. The molecule has 0 aromatic heterocycles. The molecule has 0 spiro atoms. The molecule has 2 saturated carbocycles. The van der Waals surface area contributed by atoms with E-state index in [9.17, 15) is 0 Å². The number of allylic oxidation sites excluding steroid dienone is 6. The third kappa shape index (κ3) is 32.3. The molecule has 4 nitrogen and oxygen atoms in total. The first-order chi connectivity index (χ1) is 29.6. The Hall–Kier alpha value is -1.42. The van der Waals surface area contributed by atoms with E-state index < -0.39 is 0 Å². The molecule has 0 atom stereocenters. The van der Waals surface area contributed by atoms with Gasteiger partial charge in [-0.25, -0.2) is 0 Å². The van der Waals surface area contributed by atoms with Gasteiger partial charge in [-0.2, -0.15) is 0 Å². The van der Waals surface area contributed by atoms with Crippen LogP contribution < -0.4 is 0 Å². The van der Waals surface area contributed by atoms with Gasteiger partial charge < -0.3 is 19.1 Å². The van der Waals surface area contributed by atoms with Gasteiger partial charge in [-0.15, -0.1) is 0 Å². The predicted molar refractivity (Wildman–Crippen MR) is 264 cm³/mol. The quantitative estimate of drug-likeness (QED) is 0.0451. The Kier molecular flexibility index (Phi) is 36.8. The highest BCUT2D eigenvalue weighted by molar-refractivity contribution is 5.22. The molecule has 60 heavy (non-hydrogen) atoms. The highest BCUT2D eigenvalue weighted by Crippen LogP contribution is 2.36. The highest BCUT2D eigenvalue weighted by Gasteiger charge is 2.22. The summed E-state index contributed by atoms with van der Waals surface area (Å²) in [6.07, 6.45) is 54.1. The lowest BCUT2D eigenvalue weighted by Crippen LogP contribution is -2.27. The molecule has 0 amide bonds. The van der Waals surface area contributed by atoms with Crippen molar-refractivity contribution in [3.8, 4) is 0 Å². The first-order valence-corrected chi connectivity index (χ1v) is 27.4. The SMILES string of the molecule is CC/C=C(/CCCCCCCC)OCCOC(CCCCCN(CCCCC)CCCCCCCC(OC(CCCCCCCC)CCCCCCCC)=C1CC1)=C1CC1. The van der Waals surface area contributed by atoms with Crippen molar-refractivity contribution in [2.75, 3.05) is 32.8 Å². The van der Waals surface area contributed by atoms with Crippen LogP contribution in [0.1, 0.15) is 285 Å². The monoisotopic (exact) mass is 840 g/mol. The second-order valence-electron chi connectivity index (χ2n) is 19.1. The number of hydrogen-bond acceptors (Lipinski definition) is 4. The van der Waals surface area contributed by atoms with Gasteiger partial charge in [0.2, 0.25) is 0 Å². The van der Waals surface area contributed by atoms with E-state index >= 15 is 0 Å². The maximum Gasteiger partial charge on any atom is 0.122 e. The van der Waals surface area contributed by atoms with Crippen LogP contribution in [0.4, 0.5) is 0 Å². The van der Waals surface area contributed by atoms with Gasteiger partial charge in [0.15, 0.2) is 0 Å². The lowest BCUT2D eigenvalue weighted by Gasteiger charge is -2.22. The standard InChI is InChI=1S/C56H105NO3/c1-6-11-15-18-22-28-37-53(36-10-5)58-49-50-59-55(51-42-43-51)40-32-27-35-48-57(46-33-14-9-4)47-34-26-21-25-31-41-56(52-44-45-52)60-54(38-29-23-19-16-12-7-2)39-30-24-20-17-13-8-3/h36,54H,6-35,37-50H2,1-5H3/b53-36-. The van der Waals surface area contributed by atoms with Gasteiger partial charge in [-0.1, -0.05) is 169 Å². The summed E-state index contributed by atoms with van der Waals surface area (Å²) < 4.78 is 19.5. The smallest absolute Gasteiger partial charge is 0.122 e. The third-order valence-corrected chi connectivity index (χ3v) is 13.0. The van der Waals surface area contributed by atoms with E-state index in [0.717, 1.165) is 19.3 Å².